The van der Waals surface area contributed by atoms with Crippen LogP contribution in [-0.2, 0) is 0 Å². The summed E-state index contributed by atoms with van der Waals surface area (Å²) in [7, 11) is 0. The molecule has 1 heteroatoms. The first kappa shape index (κ1) is 17.5. The van der Waals surface area contributed by atoms with Crippen molar-refractivity contribution in [2.75, 3.05) is 0 Å². The van der Waals surface area contributed by atoms with Gasteiger partial charge in [0.15, 0.2) is 0 Å². The van der Waals surface area contributed by atoms with Crippen molar-refractivity contribution < 1.29 is 31.1 Å². The van der Waals surface area contributed by atoms with Gasteiger partial charge >= 0.3 is 0 Å². The number of rotatable bonds is 0. The summed E-state index contributed by atoms with van der Waals surface area (Å²) >= 11 is 0. The van der Waals surface area contributed by atoms with Crippen LogP contribution < -0.4 is 0 Å². The Bertz CT molecular complexity index is 25.1. The van der Waals surface area contributed by atoms with Gasteiger partial charge in [0.25, 0.3) is 0 Å². The fourth-order valence-electron chi connectivity index (χ4n) is 0. The van der Waals surface area contributed by atoms with E-state index in [9.17, 15) is 0 Å². The SMILES string of the molecule is C.[C-]#CC.[U]. The monoisotopic (exact) mass is 293 g/mol. The van der Waals surface area contributed by atoms with Gasteiger partial charge in [0.1, 0.15) is 0 Å². The standard InChI is InChI=1S/C3H3.CH4.U/c1-3-2;;/h1H3;1H4;/q-1;;. The second-order valence-corrected chi connectivity index (χ2v) is 0.250. The average Bonchev–Trinajstić information content (AvgIpc) is 0.918. The summed E-state index contributed by atoms with van der Waals surface area (Å²) in [5.74, 6) is 2.00. The Balaban J connectivity index is -0.0000000200. The van der Waals surface area contributed by atoms with Gasteiger partial charge in [0, 0.05) is 31.1 Å². The van der Waals surface area contributed by atoms with Crippen molar-refractivity contribution >= 4 is 0 Å². The van der Waals surface area contributed by atoms with Crippen molar-refractivity contribution in [2.45, 2.75) is 14.4 Å². The summed E-state index contributed by atoms with van der Waals surface area (Å²) in [6, 6.07) is 0. The summed E-state index contributed by atoms with van der Waals surface area (Å²) in [4.78, 5) is 0. The van der Waals surface area contributed by atoms with Gasteiger partial charge in [0.05, 0.1) is 0 Å². The third-order valence-corrected chi connectivity index (χ3v) is 0. The van der Waals surface area contributed by atoms with E-state index in [2.05, 4.69) is 0 Å². The Hall–Kier alpha value is 0.612. The largest absolute Gasteiger partial charge is 0.694 e. The van der Waals surface area contributed by atoms with Crippen molar-refractivity contribution in [3.63, 3.8) is 0 Å². The van der Waals surface area contributed by atoms with Crippen LogP contribution in [0.15, 0.2) is 0 Å². The average molecular weight is 293 g/mol. The molecule has 28 valence electrons. The summed E-state index contributed by atoms with van der Waals surface area (Å²) in [5.41, 5.74) is 0. The molecule has 0 nitrogen and oxygen atoms in total. The van der Waals surface area contributed by atoms with Crippen molar-refractivity contribution in [1.82, 2.24) is 0 Å². The molecule has 0 rings (SSSR count). The minimum Gasteiger partial charge on any atom is -0.694 e. The van der Waals surface area contributed by atoms with Gasteiger partial charge in [-0.3, -0.25) is 0 Å². The first-order valence-corrected chi connectivity index (χ1v) is 0.750. The van der Waals surface area contributed by atoms with E-state index in [1.54, 1.807) is 6.92 Å². The number of hydrogen-bond donors (Lipinski definition) is 0. The zero-order valence-electron chi connectivity index (χ0n) is 2.50. The quantitative estimate of drug-likeness (QED) is 0.465. The third-order valence-electron chi connectivity index (χ3n) is 0. The molecule has 0 spiro atoms. The van der Waals surface area contributed by atoms with Gasteiger partial charge < -0.3 is 12.3 Å². The molecule has 0 N–H and O–H groups in total. The van der Waals surface area contributed by atoms with E-state index >= 15 is 0 Å². The van der Waals surface area contributed by atoms with E-state index < -0.39 is 0 Å². The Kier molecular flexibility index (Phi) is 81.0. The molecule has 0 fully saturated rings. The van der Waals surface area contributed by atoms with Crippen molar-refractivity contribution in [1.29, 1.82) is 0 Å². The zero-order valence-corrected chi connectivity index (χ0v) is 6.66. The van der Waals surface area contributed by atoms with Gasteiger partial charge in [-0.05, 0) is 6.92 Å². The maximum absolute atomic E-state index is 5.96. The van der Waals surface area contributed by atoms with Crippen LogP contribution in [0, 0.1) is 43.5 Å². The van der Waals surface area contributed by atoms with Crippen LogP contribution in [0.1, 0.15) is 14.4 Å². The molecule has 0 aliphatic heterocycles. The summed E-state index contributed by atoms with van der Waals surface area (Å²) in [6.07, 6.45) is 5.96. The minimum absolute atomic E-state index is 0. The van der Waals surface area contributed by atoms with Gasteiger partial charge in [-0.25, -0.2) is 0 Å². The van der Waals surface area contributed by atoms with Gasteiger partial charge in [-0.2, -0.15) is 0 Å². The molecule has 0 amide bonds. The van der Waals surface area contributed by atoms with Gasteiger partial charge in [-0.15, -0.1) is 0 Å². The van der Waals surface area contributed by atoms with Gasteiger partial charge in [0.2, 0.25) is 0 Å². The third kappa shape index (κ3) is 84.0. The van der Waals surface area contributed by atoms with Crippen molar-refractivity contribution in [3.8, 4) is 5.92 Å². The molecule has 0 unspecified atom stereocenters. The van der Waals surface area contributed by atoms with Crippen molar-refractivity contribution in [2.24, 2.45) is 0 Å². The first-order valence-electron chi connectivity index (χ1n) is 0.750. The van der Waals surface area contributed by atoms with E-state index in [1.807, 2.05) is 5.92 Å². The van der Waals surface area contributed by atoms with E-state index in [4.69, 9.17) is 6.42 Å². The normalized spacial score (nSPS) is 1.60. The number of hydrogen-bond acceptors (Lipinski definition) is 0. The smallest absolute Gasteiger partial charge is 0 e. The van der Waals surface area contributed by atoms with Crippen LogP contribution >= 0.6 is 0 Å². The molecule has 5 heavy (non-hydrogen) atoms. The van der Waals surface area contributed by atoms with Gasteiger partial charge in [-0.1, -0.05) is 7.43 Å². The Morgan fingerprint density at radius 3 is 1.60 bits per heavy atom. The van der Waals surface area contributed by atoms with Crippen LogP contribution in [-0.4, -0.2) is 0 Å². The molecule has 0 aromatic rings. The molecular weight excluding hydrogens is 286 g/mol. The Labute approximate surface area is 57.7 Å². The second kappa shape index (κ2) is 23.2. The topological polar surface area (TPSA) is 0 Å². The molecule has 0 atom stereocenters. The summed E-state index contributed by atoms with van der Waals surface area (Å²) < 4.78 is 0. The fourth-order valence-corrected chi connectivity index (χ4v) is 0. The van der Waals surface area contributed by atoms with Crippen LogP contribution in [0.4, 0.5) is 0 Å². The molecule has 0 saturated carbocycles. The van der Waals surface area contributed by atoms with Crippen LogP contribution in [0.2, 0.25) is 0 Å². The molecule has 0 aliphatic carbocycles. The Morgan fingerprint density at radius 2 is 1.60 bits per heavy atom. The van der Waals surface area contributed by atoms with Crippen LogP contribution in [0.25, 0.3) is 0 Å². The maximum atomic E-state index is 5.96. The molecular formula is C4H7U-. The predicted molar refractivity (Wildman–Crippen MR) is 19.5 cm³/mol. The van der Waals surface area contributed by atoms with Crippen molar-refractivity contribution in [3.05, 3.63) is 6.42 Å². The van der Waals surface area contributed by atoms with Crippen LogP contribution in [0.3, 0.4) is 0 Å². The van der Waals surface area contributed by atoms with E-state index in [0.717, 1.165) is 0 Å². The maximum Gasteiger partial charge on any atom is 0 e. The second-order valence-electron chi connectivity index (χ2n) is 0.250. The van der Waals surface area contributed by atoms with E-state index in [-0.39, 0.29) is 38.5 Å². The summed E-state index contributed by atoms with van der Waals surface area (Å²) in [5, 5.41) is 0. The van der Waals surface area contributed by atoms with Crippen LogP contribution in [0.5, 0.6) is 0 Å². The molecule has 0 bridgehead atoms. The molecule has 0 aliphatic rings. The van der Waals surface area contributed by atoms with E-state index in [0.29, 0.717) is 0 Å². The molecule has 0 radical (unpaired) electrons. The van der Waals surface area contributed by atoms with E-state index in [1.165, 1.54) is 0 Å². The molecule has 0 heterocycles. The Morgan fingerprint density at radius 1 is 1.60 bits per heavy atom. The minimum atomic E-state index is 0. The predicted octanol–water partition coefficient (Wildman–Crippen LogP) is 1.23. The first-order chi connectivity index (χ1) is 1.41. The molecule has 0 aromatic carbocycles. The summed E-state index contributed by atoms with van der Waals surface area (Å²) in [6.45, 7) is 1.54. The molecule has 0 saturated heterocycles. The molecule has 0 aromatic heterocycles. The zero-order chi connectivity index (χ0) is 2.71. The fraction of sp³-hybridized carbons (Fsp3) is 0.500.